The Kier molecular flexibility index (Phi) is 7.90. The Morgan fingerprint density at radius 1 is 0.667 bits per heavy atom. The number of hydrogen-bond acceptors (Lipinski definition) is 4. The molecular formula is C10H16N4O. The van der Waals surface area contributed by atoms with Gasteiger partial charge < -0.3 is 17.8 Å². The highest BCUT2D eigenvalue weighted by atomic mass is 16.0. The van der Waals surface area contributed by atoms with Gasteiger partial charge in [-0.1, -0.05) is 12.1 Å². The molecule has 0 saturated carbocycles. The van der Waals surface area contributed by atoms with Gasteiger partial charge in [-0.25, -0.2) is 0 Å². The quantitative estimate of drug-likeness (QED) is 0.738. The van der Waals surface area contributed by atoms with Gasteiger partial charge in [0.05, 0.1) is 11.4 Å². The van der Waals surface area contributed by atoms with Crippen molar-refractivity contribution in [1.82, 2.24) is 22.3 Å². The highest BCUT2D eigenvalue weighted by Gasteiger charge is 1.95. The van der Waals surface area contributed by atoms with Gasteiger partial charge in [0, 0.05) is 12.4 Å². The molecule has 2 aromatic heterocycles. The predicted octanol–water partition coefficient (Wildman–Crippen LogP) is 1.64. The molecule has 2 aromatic rings. The van der Waals surface area contributed by atoms with Crippen LogP contribution < -0.4 is 12.3 Å². The van der Waals surface area contributed by atoms with Gasteiger partial charge in [0.2, 0.25) is 0 Å². The van der Waals surface area contributed by atoms with Crippen molar-refractivity contribution in [2.75, 3.05) is 0 Å². The van der Waals surface area contributed by atoms with Crippen LogP contribution in [0.5, 0.6) is 0 Å². The van der Waals surface area contributed by atoms with E-state index in [0.29, 0.717) is 0 Å². The molecule has 82 valence electrons. The molecule has 0 amide bonds. The highest BCUT2D eigenvalue weighted by Crippen LogP contribution is 2.10. The second-order valence-electron chi connectivity index (χ2n) is 2.43. The molecule has 2 heterocycles. The fourth-order valence-electron chi connectivity index (χ4n) is 1.03. The van der Waals surface area contributed by atoms with Crippen molar-refractivity contribution in [1.29, 1.82) is 0 Å². The van der Waals surface area contributed by atoms with Gasteiger partial charge in [-0.2, -0.15) is 0 Å². The summed E-state index contributed by atoms with van der Waals surface area (Å²) >= 11 is 0. The molecule has 0 bridgehead atoms. The lowest BCUT2D eigenvalue weighted by molar-refractivity contribution is 0.824. The minimum absolute atomic E-state index is 0. The summed E-state index contributed by atoms with van der Waals surface area (Å²) < 4.78 is 0. The van der Waals surface area contributed by atoms with Crippen LogP contribution in [0.2, 0.25) is 0 Å². The Labute approximate surface area is 88.7 Å². The molecule has 5 nitrogen and oxygen atoms in total. The normalized spacial score (nSPS) is 7.73. The van der Waals surface area contributed by atoms with Gasteiger partial charge in [0.1, 0.15) is 0 Å². The molecule has 0 unspecified atom stereocenters. The van der Waals surface area contributed by atoms with Gasteiger partial charge in [-0.3, -0.25) is 9.97 Å². The second kappa shape index (κ2) is 7.57. The molecule has 0 aliphatic heterocycles. The van der Waals surface area contributed by atoms with Crippen molar-refractivity contribution in [2.24, 2.45) is 0 Å². The third-order valence-corrected chi connectivity index (χ3v) is 1.59. The van der Waals surface area contributed by atoms with Crippen molar-refractivity contribution >= 4 is 0 Å². The number of rotatable bonds is 1. The third-order valence-electron chi connectivity index (χ3n) is 1.59. The summed E-state index contributed by atoms with van der Waals surface area (Å²) in [4.78, 5) is 8.37. The lowest BCUT2D eigenvalue weighted by atomic mass is 10.2. The van der Waals surface area contributed by atoms with E-state index in [-0.39, 0.29) is 17.8 Å². The molecule has 0 aromatic carbocycles. The van der Waals surface area contributed by atoms with Crippen molar-refractivity contribution < 1.29 is 5.48 Å². The van der Waals surface area contributed by atoms with Crippen LogP contribution >= 0.6 is 0 Å². The maximum atomic E-state index is 4.19. The Bertz CT molecular complexity index is 315. The van der Waals surface area contributed by atoms with Crippen LogP contribution in [-0.4, -0.2) is 15.4 Å². The van der Waals surface area contributed by atoms with Gasteiger partial charge in [0.15, 0.2) is 0 Å². The molecular weight excluding hydrogens is 192 g/mol. The maximum absolute atomic E-state index is 4.19. The molecule has 5 heteroatoms. The summed E-state index contributed by atoms with van der Waals surface area (Å²) in [5.41, 5.74) is 1.83. The zero-order valence-corrected chi connectivity index (χ0v) is 8.43. The third kappa shape index (κ3) is 3.82. The molecule has 0 fully saturated rings. The highest BCUT2D eigenvalue weighted by molar-refractivity contribution is 5.52. The summed E-state index contributed by atoms with van der Waals surface area (Å²) in [6, 6.07) is 11.6. The van der Waals surface area contributed by atoms with Crippen LogP contribution in [0.15, 0.2) is 48.8 Å². The molecule has 0 aliphatic carbocycles. The lowest BCUT2D eigenvalue weighted by Crippen LogP contribution is -1.83. The Hall–Kier alpha value is -1.82. The van der Waals surface area contributed by atoms with Gasteiger partial charge in [0.25, 0.3) is 0 Å². The van der Waals surface area contributed by atoms with Gasteiger partial charge in [-0.15, -0.1) is 0 Å². The summed E-state index contributed by atoms with van der Waals surface area (Å²) in [5, 5.41) is 0. The van der Waals surface area contributed by atoms with E-state index in [1.54, 1.807) is 12.4 Å². The fraction of sp³-hybridized carbons (Fsp3) is 0. The van der Waals surface area contributed by atoms with E-state index < -0.39 is 0 Å². The summed E-state index contributed by atoms with van der Waals surface area (Å²) in [6.45, 7) is 0. The van der Waals surface area contributed by atoms with Crippen molar-refractivity contribution in [2.45, 2.75) is 0 Å². The Morgan fingerprint density at radius 3 is 1.33 bits per heavy atom. The standard InChI is InChI=1S/C10H8N2.2H3N.H2O/c1-3-7-11-9(5-1)10-6-2-4-8-12-10;;;/h1-8H;2*1H3;1H2. The predicted molar refractivity (Wildman–Crippen MR) is 61.1 cm³/mol. The number of hydrogen-bond donors (Lipinski definition) is 2. The minimum atomic E-state index is 0. The van der Waals surface area contributed by atoms with E-state index in [1.807, 2.05) is 36.4 Å². The van der Waals surface area contributed by atoms with Crippen LogP contribution in [0, 0.1) is 0 Å². The van der Waals surface area contributed by atoms with E-state index in [4.69, 9.17) is 0 Å². The first-order valence-electron chi connectivity index (χ1n) is 3.79. The molecule has 0 atom stereocenters. The Morgan fingerprint density at radius 2 is 1.07 bits per heavy atom. The Balaban J connectivity index is 0. The van der Waals surface area contributed by atoms with Gasteiger partial charge >= 0.3 is 0 Å². The topological polar surface area (TPSA) is 127 Å². The van der Waals surface area contributed by atoms with Crippen LogP contribution in [0.25, 0.3) is 11.4 Å². The SMILES string of the molecule is N.N.O.c1ccc(-c2ccccn2)nc1. The van der Waals surface area contributed by atoms with E-state index in [1.165, 1.54) is 0 Å². The average molecular weight is 208 g/mol. The van der Waals surface area contributed by atoms with Crippen LogP contribution in [0.4, 0.5) is 0 Å². The van der Waals surface area contributed by atoms with E-state index in [2.05, 4.69) is 9.97 Å². The van der Waals surface area contributed by atoms with E-state index in [9.17, 15) is 0 Å². The number of aromatic nitrogens is 2. The van der Waals surface area contributed by atoms with Crippen molar-refractivity contribution in [3.05, 3.63) is 48.8 Å². The fourth-order valence-corrected chi connectivity index (χ4v) is 1.03. The molecule has 0 aliphatic rings. The minimum Gasteiger partial charge on any atom is -0.412 e. The zero-order chi connectivity index (χ0) is 8.23. The first kappa shape index (κ1) is 15.6. The first-order valence-corrected chi connectivity index (χ1v) is 3.79. The number of nitrogens with zero attached hydrogens (tertiary/aromatic N) is 2. The molecule has 15 heavy (non-hydrogen) atoms. The number of pyridine rings is 2. The van der Waals surface area contributed by atoms with Gasteiger partial charge in [-0.05, 0) is 24.3 Å². The first-order chi connectivity index (χ1) is 5.97. The van der Waals surface area contributed by atoms with Crippen LogP contribution in [0.3, 0.4) is 0 Å². The van der Waals surface area contributed by atoms with Crippen LogP contribution in [0.1, 0.15) is 0 Å². The lowest BCUT2D eigenvalue weighted by Gasteiger charge is -1.96. The molecule has 0 spiro atoms. The zero-order valence-electron chi connectivity index (χ0n) is 8.43. The molecule has 8 N–H and O–H groups in total. The molecule has 0 radical (unpaired) electrons. The van der Waals surface area contributed by atoms with E-state index in [0.717, 1.165) is 11.4 Å². The molecule has 0 saturated heterocycles. The summed E-state index contributed by atoms with van der Waals surface area (Å²) in [7, 11) is 0. The van der Waals surface area contributed by atoms with E-state index >= 15 is 0 Å². The summed E-state index contributed by atoms with van der Waals surface area (Å²) in [6.07, 6.45) is 3.54. The summed E-state index contributed by atoms with van der Waals surface area (Å²) in [5.74, 6) is 0. The van der Waals surface area contributed by atoms with Crippen molar-refractivity contribution in [3.8, 4) is 11.4 Å². The average Bonchev–Trinajstić information content (AvgIpc) is 2.21. The van der Waals surface area contributed by atoms with Crippen molar-refractivity contribution in [3.63, 3.8) is 0 Å². The van der Waals surface area contributed by atoms with Crippen LogP contribution in [-0.2, 0) is 0 Å². The second-order valence-corrected chi connectivity index (χ2v) is 2.43. The smallest absolute Gasteiger partial charge is 0.0886 e. The maximum Gasteiger partial charge on any atom is 0.0886 e. The largest absolute Gasteiger partial charge is 0.412 e. The monoisotopic (exact) mass is 208 g/mol. The molecule has 2 rings (SSSR count).